The van der Waals surface area contributed by atoms with E-state index < -0.39 is 5.60 Å². The maximum atomic E-state index is 9.62. The number of hydrogen-bond donors (Lipinski definition) is 2. The zero-order valence-electron chi connectivity index (χ0n) is 9.26. The Balaban J connectivity index is 3.47. The molecule has 13 heavy (non-hydrogen) atoms. The molecule has 0 fully saturated rings. The highest BCUT2D eigenvalue weighted by molar-refractivity contribution is 8.00. The van der Waals surface area contributed by atoms with Gasteiger partial charge in [0.25, 0.3) is 0 Å². The van der Waals surface area contributed by atoms with Crippen molar-refractivity contribution in [2.75, 3.05) is 12.3 Å². The molecule has 0 aromatic carbocycles. The standard InChI is InChI=1S/C10H23NOS/c1-9(2,3)13-7-5-6-10(4,12)8-11/h12H,5-8,11H2,1-4H3. The lowest BCUT2D eigenvalue weighted by Gasteiger charge is -2.22. The van der Waals surface area contributed by atoms with Crippen LogP contribution in [-0.2, 0) is 0 Å². The highest BCUT2D eigenvalue weighted by Gasteiger charge is 2.17. The molecule has 80 valence electrons. The van der Waals surface area contributed by atoms with Gasteiger partial charge in [0.1, 0.15) is 0 Å². The highest BCUT2D eigenvalue weighted by Crippen LogP contribution is 2.25. The topological polar surface area (TPSA) is 46.2 Å². The van der Waals surface area contributed by atoms with E-state index in [9.17, 15) is 5.11 Å². The molecule has 1 unspecified atom stereocenters. The van der Waals surface area contributed by atoms with Crippen LogP contribution in [0.25, 0.3) is 0 Å². The van der Waals surface area contributed by atoms with E-state index in [0.717, 1.165) is 18.6 Å². The second-order valence-corrected chi connectivity index (χ2v) is 6.69. The summed E-state index contributed by atoms with van der Waals surface area (Å²) in [4.78, 5) is 0. The molecule has 0 heterocycles. The lowest BCUT2D eigenvalue weighted by molar-refractivity contribution is 0.0595. The summed E-state index contributed by atoms with van der Waals surface area (Å²) in [6.45, 7) is 8.78. The second kappa shape index (κ2) is 5.23. The Morgan fingerprint density at radius 3 is 2.15 bits per heavy atom. The Morgan fingerprint density at radius 1 is 1.23 bits per heavy atom. The Bertz CT molecular complexity index is 140. The molecule has 0 aromatic heterocycles. The summed E-state index contributed by atoms with van der Waals surface area (Å²) >= 11 is 1.93. The summed E-state index contributed by atoms with van der Waals surface area (Å²) < 4.78 is 0.328. The van der Waals surface area contributed by atoms with Gasteiger partial charge in [-0.05, 0) is 25.5 Å². The summed E-state index contributed by atoms with van der Waals surface area (Å²) in [7, 11) is 0. The fourth-order valence-corrected chi connectivity index (χ4v) is 1.83. The van der Waals surface area contributed by atoms with Gasteiger partial charge in [0, 0.05) is 11.3 Å². The van der Waals surface area contributed by atoms with E-state index in [2.05, 4.69) is 20.8 Å². The van der Waals surface area contributed by atoms with Gasteiger partial charge in [0.15, 0.2) is 0 Å². The lowest BCUT2D eigenvalue weighted by Crippen LogP contribution is -2.34. The van der Waals surface area contributed by atoms with Crippen LogP contribution in [0.1, 0.15) is 40.5 Å². The van der Waals surface area contributed by atoms with Gasteiger partial charge >= 0.3 is 0 Å². The van der Waals surface area contributed by atoms with Gasteiger partial charge in [-0.2, -0.15) is 11.8 Å². The van der Waals surface area contributed by atoms with Crippen LogP contribution < -0.4 is 5.73 Å². The predicted octanol–water partition coefficient (Wildman–Crippen LogP) is 2.01. The molecule has 0 saturated heterocycles. The Labute approximate surface area is 86.3 Å². The van der Waals surface area contributed by atoms with Crippen LogP contribution in [0.5, 0.6) is 0 Å². The van der Waals surface area contributed by atoms with Crippen molar-refractivity contribution in [3.63, 3.8) is 0 Å². The third kappa shape index (κ3) is 8.60. The third-order valence-corrected chi connectivity index (χ3v) is 3.19. The zero-order chi connectivity index (χ0) is 10.5. The summed E-state index contributed by atoms with van der Waals surface area (Å²) in [6.07, 6.45) is 1.83. The van der Waals surface area contributed by atoms with Crippen molar-refractivity contribution in [2.45, 2.75) is 50.9 Å². The summed E-state index contributed by atoms with van der Waals surface area (Å²) in [5, 5.41) is 9.62. The average molecular weight is 205 g/mol. The first kappa shape index (κ1) is 13.3. The number of aliphatic hydroxyl groups is 1. The second-order valence-electron chi connectivity index (χ2n) is 4.77. The molecule has 0 bridgehead atoms. The third-order valence-electron chi connectivity index (χ3n) is 1.83. The maximum absolute atomic E-state index is 9.62. The van der Waals surface area contributed by atoms with Gasteiger partial charge in [0.2, 0.25) is 0 Å². The smallest absolute Gasteiger partial charge is 0.0741 e. The van der Waals surface area contributed by atoms with Gasteiger partial charge in [0.05, 0.1) is 5.60 Å². The minimum Gasteiger partial charge on any atom is -0.389 e. The minimum atomic E-state index is -0.668. The van der Waals surface area contributed by atoms with E-state index in [4.69, 9.17) is 5.73 Å². The largest absolute Gasteiger partial charge is 0.389 e. The van der Waals surface area contributed by atoms with Crippen LogP contribution in [0.15, 0.2) is 0 Å². The molecule has 0 saturated carbocycles. The van der Waals surface area contributed by atoms with Gasteiger partial charge in [-0.15, -0.1) is 0 Å². The van der Waals surface area contributed by atoms with E-state index in [1.54, 1.807) is 6.92 Å². The average Bonchev–Trinajstić information content (AvgIpc) is 1.97. The highest BCUT2D eigenvalue weighted by atomic mass is 32.2. The van der Waals surface area contributed by atoms with Crippen molar-refractivity contribution in [3.8, 4) is 0 Å². The van der Waals surface area contributed by atoms with E-state index in [1.807, 2.05) is 11.8 Å². The number of thioether (sulfide) groups is 1. The molecule has 0 amide bonds. The van der Waals surface area contributed by atoms with E-state index in [-0.39, 0.29) is 0 Å². The van der Waals surface area contributed by atoms with Crippen molar-refractivity contribution in [2.24, 2.45) is 5.73 Å². The van der Waals surface area contributed by atoms with Gasteiger partial charge in [-0.25, -0.2) is 0 Å². The van der Waals surface area contributed by atoms with Crippen molar-refractivity contribution in [1.29, 1.82) is 0 Å². The van der Waals surface area contributed by atoms with Crippen LogP contribution >= 0.6 is 11.8 Å². The molecule has 3 heteroatoms. The molecular weight excluding hydrogens is 182 g/mol. The molecule has 3 N–H and O–H groups in total. The molecule has 0 aliphatic carbocycles. The first-order valence-corrected chi connectivity index (χ1v) is 5.82. The zero-order valence-corrected chi connectivity index (χ0v) is 10.1. The van der Waals surface area contributed by atoms with Crippen molar-refractivity contribution >= 4 is 11.8 Å². The number of hydrogen-bond acceptors (Lipinski definition) is 3. The van der Waals surface area contributed by atoms with Crippen LogP contribution in [0.4, 0.5) is 0 Å². The van der Waals surface area contributed by atoms with Crippen molar-refractivity contribution in [3.05, 3.63) is 0 Å². The van der Waals surface area contributed by atoms with E-state index in [1.165, 1.54) is 0 Å². The predicted molar refractivity (Wildman–Crippen MR) is 61.1 cm³/mol. The van der Waals surface area contributed by atoms with Crippen molar-refractivity contribution in [1.82, 2.24) is 0 Å². The van der Waals surface area contributed by atoms with Crippen LogP contribution in [0.2, 0.25) is 0 Å². The van der Waals surface area contributed by atoms with Crippen LogP contribution in [0, 0.1) is 0 Å². The monoisotopic (exact) mass is 205 g/mol. The molecule has 0 aliphatic heterocycles. The van der Waals surface area contributed by atoms with Gasteiger partial charge in [-0.1, -0.05) is 20.8 Å². The van der Waals surface area contributed by atoms with Crippen LogP contribution in [-0.4, -0.2) is 27.8 Å². The first-order valence-electron chi connectivity index (χ1n) is 4.83. The fourth-order valence-electron chi connectivity index (χ4n) is 0.933. The van der Waals surface area contributed by atoms with Gasteiger partial charge < -0.3 is 10.8 Å². The fraction of sp³-hybridized carbons (Fsp3) is 1.00. The molecule has 2 nitrogen and oxygen atoms in total. The van der Waals surface area contributed by atoms with E-state index >= 15 is 0 Å². The summed E-state index contributed by atoms with van der Waals surface area (Å²) in [6, 6.07) is 0. The Morgan fingerprint density at radius 2 is 1.77 bits per heavy atom. The van der Waals surface area contributed by atoms with Crippen LogP contribution in [0.3, 0.4) is 0 Å². The Kier molecular flexibility index (Phi) is 5.33. The first-order chi connectivity index (χ1) is 5.77. The molecule has 0 radical (unpaired) electrons. The quantitative estimate of drug-likeness (QED) is 0.675. The lowest BCUT2D eigenvalue weighted by atomic mass is 10.0. The Hall–Kier alpha value is 0.270. The van der Waals surface area contributed by atoms with E-state index in [0.29, 0.717) is 11.3 Å². The normalized spacial score (nSPS) is 17.1. The molecule has 1 atom stereocenters. The molecule has 0 rings (SSSR count). The molecule has 0 aromatic rings. The summed E-state index contributed by atoms with van der Waals surface area (Å²) in [5.74, 6) is 1.10. The SMILES string of the molecule is CC(O)(CN)CCCSC(C)(C)C. The molecule has 0 aliphatic rings. The number of nitrogens with two attached hydrogens (primary N) is 1. The van der Waals surface area contributed by atoms with Crippen molar-refractivity contribution < 1.29 is 5.11 Å². The minimum absolute atomic E-state index is 0.328. The number of rotatable bonds is 5. The maximum Gasteiger partial charge on any atom is 0.0741 e. The molecule has 0 spiro atoms. The summed E-state index contributed by atoms with van der Waals surface area (Å²) in [5.41, 5.74) is 4.75. The van der Waals surface area contributed by atoms with Gasteiger partial charge in [-0.3, -0.25) is 0 Å². The molecular formula is C10H23NOS.